The Morgan fingerprint density at radius 1 is 1.38 bits per heavy atom. The number of aryl methyl sites for hydroxylation is 1. The molecule has 0 atom stereocenters. The molecule has 0 heterocycles. The van der Waals surface area contributed by atoms with Crippen molar-refractivity contribution >= 4 is 23.5 Å². The third-order valence-corrected chi connectivity index (χ3v) is 3.26. The van der Waals surface area contributed by atoms with Crippen LogP contribution in [0.5, 0.6) is 0 Å². The van der Waals surface area contributed by atoms with Crippen LogP contribution in [0.4, 0.5) is 0 Å². The summed E-state index contributed by atoms with van der Waals surface area (Å²) in [5, 5.41) is 0.644. The van der Waals surface area contributed by atoms with Crippen molar-refractivity contribution in [2.24, 2.45) is 0 Å². The van der Waals surface area contributed by atoms with Gasteiger partial charge in [0.1, 0.15) is 6.54 Å². The number of benzene rings is 1. The first-order valence-corrected chi connectivity index (χ1v) is 7.24. The molecule has 0 bridgehead atoms. The number of esters is 1. The topological polar surface area (TPSA) is 46.6 Å². The predicted molar refractivity (Wildman–Crippen MR) is 83.2 cm³/mol. The van der Waals surface area contributed by atoms with Crippen LogP contribution in [-0.2, 0) is 20.7 Å². The van der Waals surface area contributed by atoms with E-state index in [1.54, 1.807) is 19.1 Å². The summed E-state index contributed by atoms with van der Waals surface area (Å²) in [5.74, 6) is -0.534. The van der Waals surface area contributed by atoms with Gasteiger partial charge in [-0.3, -0.25) is 9.59 Å². The summed E-state index contributed by atoms with van der Waals surface area (Å²) in [7, 11) is 0. The van der Waals surface area contributed by atoms with Crippen LogP contribution in [0.3, 0.4) is 0 Å². The zero-order chi connectivity index (χ0) is 15.7. The molecule has 1 aromatic carbocycles. The molecule has 21 heavy (non-hydrogen) atoms. The van der Waals surface area contributed by atoms with Crippen molar-refractivity contribution in [3.63, 3.8) is 0 Å². The number of hydrogen-bond acceptors (Lipinski definition) is 3. The van der Waals surface area contributed by atoms with Crippen molar-refractivity contribution in [3.05, 3.63) is 47.5 Å². The van der Waals surface area contributed by atoms with Crippen molar-refractivity contribution in [3.8, 4) is 0 Å². The number of rotatable bonds is 8. The Hall–Kier alpha value is -1.81. The van der Waals surface area contributed by atoms with Gasteiger partial charge in [-0.15, -0.1) is 6.58 Å². The molecule has 0 aliphatic carbocycles. The van der Waals surface area contributed by atoms with E-state index in [0.29, 0.717) is 24.6 Å². The molecule has 1 amide bonds. The Kier molecular flexibility index (Phi) is 7.54. The van der Waals surface area contributed by atoms with Gasteiger partial charge < -0.3 is 9.64 Å². The average Bonchev–Trinajstić information content (AvgIpc) is 2.46. The summed E-state index contributed by atoms with van der Waals surface area (Å²) in [6, 6.07) is 7.41. The maximum Gasteiger partial charge on any atom is 0.325 e. The van der Waals surface area contributed by atoms with E-state index in [-0.39, 0.29) is 18.9 Å². The first-order chi connectivity index (χ1) is 10.1. The maximum absolute atomic E-state index is 12.2. The van der Waals surface area contributed by atoms with Crippen LogP contribution in [0, 0.1) is 0 Å². The highest BCUT2D eigenvalue weighted by atomic mass is 35.5. The Morgan fingerprint density at radius 2 is 2.10 bits per heavy atom. The summed E-state index contributed by atoms with van der Waals surface area (Å²) in [6.45, 7) is 5.90. The smallest absolute Gasteiger partial charge is 0.325 e. The van der Waals surface area contributed by atoms with E-state index in [4.69, 9.17) is 16.3 Å². The van der Waals surface area contributed by atoms with E-state index >= 15 is 0 Å². The third kappa shape index (κ3) is 6.00. The van der Waals surface area contributed by atoms with E-state index < -0.39 is 5.97 Å². The Morgan fingerprint density at radius 3 is 2.71 bits per heavy atom. The lowest BCUT2D eigenvalue weighted by atomic mass is 10.1. The van der Waals surface area contributed by atoms with Gasteiger partial charge >= 0.3 is 5.97 Å². The monoisotopic (exact) mass is 309 g/mol. The molecule has 4 nitrogen and oxygen atoms in total. The van der Waals surface area contributed by atoms with Crippen molar-refractivity contribution in [2.75, 3.05) is 19.7 Å². The second-order valence-corrected chi connectivity index (χ2v) is 4.87. The summed E-state index contributed by atoms with van der Waals surface area (Å²) < 4.78 is 4.86. The second-order valence-electron chi connectivity index (χ2n) is 4.46. The summed E-state index contributed by atoms with van der Waals surface area (Å²) >= 11 is 6.06. The molecule has 0 saturated heterocycles. The number of ether oxygens (including phenoxy) is 1. The number of halogens is 1. The standard InChI is InChI=1S/C16H20ClNO3/c1-3-11-18(12-16(20)21-4-2)15(19)10-9-13-7-5-6-8-14(13)17/h3,5-8H,1,4,9-12H2,2H3. The van der Waals surface area contributed by atoms with Crippen LogP contribution in [0.2, 0.25) is 5.02 Å². The zero-order valence-corrected chi connectivity index (χ0v) is 12.9. The summed E-state index contributed by atoms with van der Waals surface area (Å²) in [4.78, 5) is 25.1. The molecule has 0 saturated carbocycles. The maximum atomic E-state index is 12.2. The minimum Gasteiger partial charge on any atom is -0.465 e. The fraction of sp³-hybridized carbons (Fsp3) is 0.375. The minimum atomic E-state index is -0.412. The van der Waals surface area contributed by atoms with E-state index in [0.717, 1.165) is 5.56 Å². The van der Waals surface area contributed by atoms with Crippen LogP contribution >= 0.6 is 11.6 Å². The van der Waals surface area contributed by atoms with Gasteiger partial charge in [-0.05, 0) is 25.0 Å². The first-order valence-electron chi connectivity index (χ1n) is 6.86. The van der Waals surface area contributed by atoms with Crippen molar-refractivity contribution in [1.82, 2.24) is 4.90 Å². The molecule has 0 fully saturated rings. The lowest BCUT2D eigenvalue weighted by molar-refractivity contribution is -0.148. The van der Waals surface area contributed by atoms with Crippen LogP contribution in [0.15, 0.2) is 36.9 Å². The molecule has 0 unspecified atom stereocenters. The van der Waals surface area contributed by atoms with Crippen molar-refractivity contribution in [2.45, 2.75) is 19.8 Å². The van der Waals surface area contributed by atoms with Gasteiger partial charge in [0.2, 0.25) is 5.91 Å². The van der Waals surface area contributed by atoms with E-state index in [1.165, 1.54) is 4.90 Å². The molecule has 0 aromatic heterocycles. The average molecular weight is 310 g/mol. The van der Waals surface area contributed by atoms with E-state index in [9.17, 15) is 9.59 Å². The van der Waals surface area contributed by atoms with Gasteiger partial charge in [0.25, 0.3) is 0 Å². The molecular weight excluding hydrogens is 290 g/mol. The largest absolute Gasteiger partial charge is 0.465 e. The van der Waals surface area contributed by atoms with Gasteiger partial charge in [0.15, 0.2) is 0 Å². The van der Waals surface area contributed by atoms with E-state index in [2.05, 4.69) is 6.58 Å². The van der Waals surface area contributed by atoms with Crippen LogP contribution in [0.25, 0.3) is 0 Å². The Bertz CT molecular complexity index is 502. The minimum absolute atomic E-state index is 0.0544. The quantitative estimate of drug-likeness (QED) is 0.548. The van der Waals surface area contributed by atoms with Crippen LogP contribution in [-0.4, -0.2) is 36.5 Å². The third-order valence-electron chi connectivity index (χ3n) is 2.89. The lowest BCUT2D eigenvalue weighted by Gasteiger charge is -2.20. The van der Waals surface area contributed by atoms with Crippen molar-refractivity contribution < 1.29 is 14.3 Å². The highest BCUT2D eigenvalue weighted by molar-refractivity contribution is 6.31. The predicted octanol–water partition coefficient (Wildman–Crippen LogP) is 2.85. The first kappa shape index (κ1) is 17.2. The fourth-order valence-corrected chi connectivity index (χ4v) is 2.10. The number of carbonyl (C=O) groups is 2. The molecule has 114 valence electrons. The number of carbonyl (C=O) groups excluding carboxylic acids is 2. The lowest BCUT2D eigenvalue weighted by Crippen LogP contribution is -2.36. The number of nitrogens with zero attached hydrogens (tertiary/aromatic N) is 1. The molecule has 0 aliphatic rings. The SMILES string of the molecule is C=CCN(CC(=O)OCC)C(=O)CCc1ccccc1Cl. The fourth-order valence-electron chi connectivity index (χ4n) is 1.87. The molecule has 0 aliphatic heterocycles. The van der Waals surface area contributed by atoms with Gasteiger partial charge in [0, 0.05) is 18.0 Å². The Labute approximate surface area is 130 Å². The summed E-state index contributed by atoms with van der Waals surface area (Å²) in [5.41, 5.74) is 0.919. The molecule has 0 radical (unpaired) electrons. The molecule has 0 spiro atoms. The molecule has 1 rings (SSSR count). The number of amides is 1. The normalized spacial score (nSPS) is 10.0. The van der Waals surface area contributed by atoms with Gasteiger partial charge in [-0.1, -0.05) is 35.9 Å². The molecule has 5 heteroatoms. The second kappa shape index (κ2) is 9.19. The Balaban J connectivity index is 2.58. The van der Waals surface area contributed by atoms with Gasteiger partial charge in [-0.25, -0.2) is 0 Å². The van der Waals surface area contributed by atoms with Gasteiger partial charge in [0.05, 0.1) is 6.61 Å². The van der Waals surface area contributed by atoms with Crippen molar-refractivity contribution in [1.29, 1.82) is 0 Å². The number of hydrogen-bond donors (Lipinski definition) is 0. The molecular formula is C16H20ClNO3. The zero-order valence-electron chi connectivity index (χ0n) is 12.2. The molecule has 0 N–H and O–H groups in total. The van der Waals surface area contributed by atoms with E-state index in [1.807, 2.05) is 18.2 Å². The highest BCUT2D eigenvalue weighted by Crippen LogP contribution is 2.17. The summed E-state index contributed by atoms with van der Waals surface area (Å²) in [6.07, 6.45) is 2.42. The van der Waals surface area contributed by atoms with Crippen LogP contribution < -0.4 is 0 Å². The van der Waals surface area contributed by atoms with Gasteiger partial charge in [-0.2, -0.15) is 0 Å². The highest BCUT2D eigenvalue weighted by Gasteiger charge is 2.16. The molecule has 1 aromatic rings. The van der Waals surface area contributed by atoms with Crippen LogP contribution in [0.1, 0.15) is 18.9 Å².